The first-order chi connectivity index (χ1) is 9.65. The standard InChI is InChI=1S/C16H24FN3.HI/c1-4-11(3)19-16(18-5-2)20-15-10-13(15)12-8-6-7-9-14(12)17;/h6-9,11,13,15H,4-5,10H2,1-3H3,(H2,18,19,20);1H. The van der Waals surface area contributed by atoms with Gasteiger partial charge in [-0.05, 0) is 38.3 Å². The van der Waals surface area contributed by atoms with Gasteiger partial charge in [-0.2, -0.15) is 0 Å². The molecule has 0 saturated heterocycles. The van der Waals surface area contributed by atoms with Crippen LogP contribution >= 0.6 is 24.0 Å². The third-order valence-corrected chi connectivity index (χ3v) is 3.73. The van der Waals surface area contributed by atoms with E-state index in [1.165, 1.54) is 6.07 Å². The van der Waals surface area contributed by atoms with E-state index in [9.17, 15) is 4.39 Å². The summed E-state index contributed by atoms with van der Waals surface area (Å²) in [5.41, 5.74) is 0.810. The highest BCUT2D eigenvalue weighted by atomic mass is 127. The third kappa shape index (κ3) is 5.13. The van der Waals surface area contributed by atoms with Crippen LogP contribution in [0.1, 0.15) is 45.1 Å². The summed E-state index contributed by atoms with van der Waals surface area (Å²) in [5.74, 6) is 0.994. The van der Waals surface area contributed by atoms with Crippen molar-refractivity contribution in [1.29, 1.82) is 0 Å². The first kappa shape index (κ1) is 18.2. The Hall–Kier alpha value is -0.850. The summed E-state index contributed by atoms with van der Waals surface area (Å²) in [5, 5.41) is 6.78. The predicted molar refractivity (Wildman–Crippen MR) is 97.0 cm³/mol. The van der Waals surface area contributed by atoms with Crippen LogP contribution in [-0.2, 0) is 0 Å². The maximum atomic E-state index is 13.7. The summed E-state index contributed by atoms with van der Waals surface area (Å²) in [6.07, 6.45) is 2.01. The van der Waals surface area contributed by atoms with Gasteiger partial charge in [-0.15, -0.1) is 24.0 Å². The number of nitrogens with zero attached hydrogens (tertiary/aromatic N) is 1. The molecule has 1 saturated carbocycles. The minimum Gasteiger partial charge on any atom is -0.354 e. The van der Waals surface area contributed by atoms with E-state index in [1.807, 2.05) is 19.1 Å². The highest BCUT2D eigenvalue weighted by Gasteiger charge is 2.40. The molecule has 2 N–H and O–H groups in total. The maximum absolute atomic E-state index is 13.7. The second-order valence-corrected chi connectivity index (χ2v) is 5.39. The number of guanidine groups is 1. The van der Waals surface area contributed by atoms with Crippen molar-refractivity contribution < 1.29 is 4.39 Å². The Morgan fingerprint density at radius 2 is 2.10 bits per heavy atom. The minimum absolute atomic E-state index is 0. The molecule has 5 heteroatoms. The van der Waals surface area contributed by atoms with Gasteiger partial charge in [0.25, 0.3) is 0 Å². The lowest BCUT2D eigenvalue weighted by Gasteiger charge is -2.17. The van der Waals surface area contributed by atoms with Gasteiger partial charge in [0, 0.05) is 24.5 Å². The van der Waals surface area contributed by atoms with Gasteiger partial charge >= 0.3 is 0 Å². The number of aliphatic imine (C=N–C) groups is 1. The molecule has 21 heavy (non-hydrogen) atoms. The normalized spacial score (nSPS) is 22.2. The molecule has 1 aromatic carbocycles. The van der Waals surface area contributed by atoms with Crippen LogP contribution in [-0.4, -0.2) is 24.6 Å². The largest absolute Gasteiger partial charge is 0.354 e. The van der Waals surface area contributed by atoms with E-state index in [4.69, 9.17) is 0 Å². The molecule has 0 aromatic heterocycles. The maximum Gasteiger partial charge on any atom is 0.191 e. The van der Waals surface area contributed by atoms with E-state index < -0.39 is 0 Å². The zero-order valence-electron chi connectivity index (χ0n) is 12.9. The Morgan fingerprint density at radius 3 is 2.71 bits per heavy atom. The Kier molecular flexibility index (Phi) is 7.42. The monoisotopic (exact) mass is 405 g/mol. The number of halogens is 2. The molecular weight excluding hydrogens is 380 g/mol. The summed E-state index contributed by atoms with van der Waals surface area (Å²) in [6.45, 7) is 7.03. The molecule has 3 atom stereocenters. The van der Waals surface area contributed by atoms with Crippen LogP contribution in [0.4, 0.5) is 4.39 Å². The molecule has 0 amide bonds. The fraction of sp³-hybridized carbons (Fsp3) is 0.562. The van der Waals surface area contributed by atoms with E-state index in [-0.39, 0.29) is 41.8 Å². The topological polar surface area (TPSA) is 36.4 Å². The minimum atomic E-state index is -0.106. The van der Waals surface area contributed by atoms with Crippen LogP contribution in [0.3, 0.4) is 0 Å². The Labute approximate surface area is 143 Å². The Balaban J connectivity index is 0.00000220. The van der Waals surface area contributed by atoms with Gasteiger partial charge in [-0.25, -0.2) is 4.39 Å². The van der Waals surface area contributed by atoms with Crippen molar-refractivity contribution in [1.82, 2.24) is 10.6 Å². The van der Waals surface area contributed by atoms with Crippen LogP contribution in [0.15, 0.2) is 29.3 Å². The van der Waals surface area contributed by atoms with Crippen molar-refractivity contribution >= 4 is 29.9 Å². The van der Waals surface area contributed by atoms with Crippen LogP contribution in [0.5, 0.6) is 0 Å². The smallest absolute Gasteiger partial charge is 0.191 e. The SMILES string of the molecule is CCN=C(NC(C)CC)NC1CC1c1ccccc1F.I. The van der Waals surface area contributed by atoms with Gasteiger partial charge in [0.2, 0.25) is 0 Å². The molecule has 1 aliphatic carbocycles. The van der Waals surface area contributed by atoms with Crippen molar-refractivity contribution in [2.75, 3.05) is 6.54 Å². The molecule has 1 aliphatic rings. The molecule has 0 radical (unpaired) electrons. The fourth-order valence-corrected chi connectivity index (χ4v) is 2.28. The second kappa shape index (κ2) is 8.56. The molecule has 3 unspecified atom stereocenters. The van der Waals surface area contributed by atoms with Crippen molar-refractivity contribution in [3.05, 3.63) is 35.6 Å². The molecule has 2 rings (SSSR count). The highest BCUT2D eigenvalue weighted by Crippen LogP contribution is 2.41. The van der Waals surface area contributed by atoms with E-state index in [0.717, 1.165) is 30.9 Å². The summed E-state index contributed by atoms with van der Waals surface area (Å²) >= 11 is 0. The number of nitrogens with one attached hydrogen (secondary N) is 2. The first-order valence-electron chi connectivity index (χ1n) is 7.47. The van der Waals surface area contributed by atoms with E-state index in [2.05, 4.69) is 29.5 Å². The number of rotatable bonds is 5. The molecule has 0 bridgehead atoms. The van der Waals surface area contributed by atoms with Crippen molar-refractivity contribution in [2.45, 2.75) is 51.6 Å². The third-order valence-electron chi connectivity index (χ3n) is 3.73. The fourth-order valence-electron chi connectivity index (χ4n) is 2.28. The van der Waals surface area contributed by atoms with Gasteiger partial charge < -0.3 is 10.6 Å². The molecule has 1 aromatic rings. The lowest BCUT2D eigenvalue weighted by atomic mass is 10.1. The molecule has 3 nitrogen and oxygen atoms in total. The van der Waals surface area contributed by atoms with Gasteiger partial charge in [0.05, 0.1) is 0 Å². The average molecular weight is 405 g/mol. The summed E-state index contributed by atoms with van der Waals surface area (Å²) in [7, 11) is 0. The van der Waals surface area contributed by atoms with Crippen molar-refractivity contribution in [2.24, 2.45) is 4.99 Å². The summed E-state index contributed by atoms with van der Waals surface area (Å²) < 4.78 is 13.7. The summed E-state index contributed by atoms with van der Waals surface area (Å²) in [6, 6.07) is 7.71. The molecule has 0 heterocycles. The molecular formula is C16H25FIN3. The second-order valence-electron chi connectivity index (χ2n) is 5.39. The Morgan fingerprint density at radius 1 is 1.38 bits per heavy atom. The average Bonchev–Trinajstić information content (AvgIpc) is 3.18. The molecule has 1 fully saturated rings. The van der Waals surface area contributed by atoms with Crippen molar-refractivity contribution in [3.63, 3.8) is 0 Å². The lowest BCUT2D eigenvalue weighted by molar-refractivity contribution is 0.604. The molecule has 0 aliphatic heterocycles. The van der Waals surface area contributed by atoms with Crippen LogP contribution in [0, 0.1) is 5.82 Å². The predicted octanol–water partition coefficient (Wildman–Crippen LogP) is 3.65. The van der Waals surface area contributed by atoms with Gasteiger partial charge in [-0.1, -0.05) is 25.1 Å². The summed E-state index contributed by atoms with van der Waals surface area (Å²) in [4.78, 5) is 4.44. The van der Waals surface area contributed by atoms with E-state index >= 15 is 0 Å². The van der Waals surface area contributed by atoms with Gasteiger partial charge in [0.1, 0.15) is 5.82 Å². The quantitative estimate of drug-likeness (QED) is 0.446. The van der Waals surface area contributed by atoms with Crippen LogP contribution in [0.25, 0.3) is 0 Å². The zero-order valence-corrected chi connectivity index (χ0v) is 15.2. The lowest BCUT2D eigenvalue weighted by Crippen LogP contribution is -2.43. The Bertz CT molecular complexity index is 478. The first-order valence-corrected chi connectivity index (χ1v) is 7.47. The van der Waals surface area contributed by atoms with E-state index in [0.29, 0.717) is 6.04 Å². The molecule has 118 valence electrons. The zero-order chi connectivity index (χ0) is 14.5. The number of benzene rings is 1. The highest BCUT2D eigenvalue weighted by molar-refractivity contribution is 14.0. The van der Waals surface area contributed by atoms with Crippen LogP contribution in [0.2, 0.25) is 0 Å². The van der Waals surface area contributed by atoms with Crippen LogP contribution < -0.4 is 10.6 Å². The van der Waals surface area contributed by atoms with Gasteiger partial charge in [0.15, 0.2) is 5.96 Å². The number of hydrogen-bond acceptors (Lipinski definition) is 1. The molecule has 0 spiro atoms. The van der Waals surface area contributed by atoms with Gasteiger partial charge in [-0.3, -0.25) is 4.99 Å². The van der Waals surface area contributed by atoms with E-state index in [1.54, 1.807) is 6.07 Å². The number of hydrogen-bond donors (Lipinski definition) is 2. The van der Waals surface area contributed by atoms with Crippen molar-refractivity contribution in [3.8, 4) is 0 Å².